The van der Waals surface area contributed by atoms with Crippen molar-refractivity contribution >= 4 is 23.2 Å². The normalized spacial score (nSPS) is 11.0. The van der Waals surface area contributed by atoms with Gasteiger partial charge in [0, 0.05) is 5.69 Å². The Morgan fingerprint density at radius 3 is 2.17 bits per heavy atom. The maximum absolute atomic E-state index is 13.8. The van der Waals surface area contributed by atoms with E-state index in [0.29, 0.717) is 24.2 Å². The van der Waals surface area contributed by atoms with Crippen LogP contribution in [-0.4, -0.2) is 25.0 Å². The van der Waals surface area contributed by atoms with Gasteiger partial charge in [0.05, 0.1) is 23.4 Å². The number of amides is 2. The summed E-state index contributed by atoms with van der Waals surface area (Å²) in [7, 11) is 0. The number of anilines is 2. The Balaban J connectivity index is 1.66. The maximum atomic E-state index is 13.8. The van der Waals surface area contributed by atoms with Crippen molar-refractivity contribution in [1.29, 1.82) is 0 Å². The van der Waals surface area contributed by atoms with Crippen molar-refractivity contribution in [2.45, 2.75) is 19.5 Å². The summed E-state index contributed by atoms with van der Waals surface area (Å²) in [6.45, 7) is 1.99. The van der Waals surface area contributed by atoms with Gasteiger partial charge in [0.25, 0.3) is 11.8 Å². The minimum Gasteiger partial charge on any atom is -0.494 e. The molecule has 0 aliphatic rings. The van der Waals surface area contributed by atoms with Crippen molar-refractivity contribution in [2.24, 2.45) is 0 Å². The molecule has 6 nitrogen and oxygen atoms in total. The van der Waals surface area contributed by atoms with Crippen molar-refractivity contribution in [3.63, 3.8) is 0 Å². The lowest BCUT2D eigenvalue weighted by molar-refractivity contribution is -0.137. The summed E-state index contributed by atoms with van der Waals surface area (Å²) in [5.74, 6) is -1.57. The van der Waals surface area contributed by atoms with E-state index < -0.39 is 41.7 Å². The number of alkyl halides is 3. The predicted molar refractivity (Wildman–Crippen MR) is 122 cm³/mol. The van der Waals surface area contributed by atoms with E-state index in [1.54, 1.807) is 24.3 Å². The molecule has 0 aromatic heterocycles. The number of carbonyl (C=O) groups excluding carboxylic acids is 2. The Morgan fingerprint density at radius 2 is 1.54 bits per heavy atom. The molecule has 2 N–H and O–H groups in total. The van der Waals surface area contributed by atoms with E-state index >= 15 is 0 Å². The Hall–Kier alpha value is -4.08. The molecule has 0 aliphatic carbocycles. The number of halogens is 4. The average Bonchev–Trinajstić information content (AvgIpc) is 2.82. The van der Waals surface area contributed by atoms with Gasteiger partial charge < -0.3 is 20.1 Å². The lowest BCUT2D eigenvalue weighted by Gasteiger charge is -2.16. The van der Waals surface area contributed by atoms with Crippen LogP contribution in [0.1, 0.15) is 29.3 Å². The third-order valence-electron chi connectivity index (χ3n) is 4.64. The Kier molecular flexibility index (Phi) is 8.30. The van der Waals surface area contributed by atoms with E-state index in [2.05, 4.69) is 10.6 Å². The lowest BCUT2D eigenvalue weighted by atomic mass is 10.1. The van der Waals surface area contributed by atoms with Gasteiger partial charge in [-0.1, -0.05) is 19.1 Å². The molecule has 0 atom stereocenters. The maximum Gasteiger partial charge on any atom is 0.418 e. The number of ether oxygens (including phenoxy) is 2. The van der Waals surface area contributed by atoms with Crippen LogP contribution >= 0.6 is 0 Å². The highest BCUT2D eigenvalue weighted by atomic mass is 19.4. The Morgan fingerprint density at radius 1 is 0.886 bits per heavy atom. The number of hydrogen-bond acceptors (Lipinski definition) is 4. The predicted octanol–water partition coefficient (Wildman–Crippen LogP) is 5.90. The number of nitrogens with one attached hydrogen (secondary N) is 2. The van der Waals surface area contributed by atoms with Crippen LogP contribution in [0.3, 0.4) is 0 Å². The van der Waals surface area contributed by atoms with E-state index in [1.807, 2.05) is 6.92 Å². The van der Waals surface area contributed by atoms with E-state index in [-0.39, 0.29) is 11.3 Å². The molecule has 0 heterocycles. The largest absolute Gasteiger partial charge is 0.494 e. The molecule has 0 fully saturated rings. The molecular formula is C25H22F4N2O4. The zero-order valence-electron chi connectivity index (χ0n) is 18.6. The molecule has 3 rings (SSSR count). The highest BCUT2D eigenvalue weighted by Crippen LogP contribution is 2.36. The fraction of sp³-hybridized carbons (Fsp3) is 0.200. The van der Waals surface area contributed by atoms with Crippen LogP contribution in [0.2, 0.25) is 0 Å². The fourth-order valence-corrected chi connectivity index (χ4v) is 3.00. The molecule has 0 saturated carbocycles. The van der Waals surface area contributed by atoms with Gasteiger partial charge in [0.1, 0.15) is 17.3 Å². The van der Waals surface area contributed by atoms with Crippen LogP contribution in [-0.2, 0) is 11.0 Å². The summed E-state index contributed by atoms with van der Waals surface area (Å²) in [6, 6.07) is 14.3. The summed E-state index contributed by atoms with van der Waals surface area (Å²) in [4.78, 5) is 24.4. The molecule has 2 amide bonds. The van der Waals surface area contributed by atoms with Gasteiger partial charge in [-0.3, -0.25) is 9.59 Å². The zero-order valence-corrected chi connectivity index (χ0v) is 18.6. The van der Waals surface area contributed by atoms with Crippen molar-refractivity contribution in [3.8, 4) is 11.5 Å². The topological polar surface area (TPSA) is 76.7 Å². The first kappa shape index (κ1) is 25.5. The zero-order chi connectivity index (χ0) is 25.4. The molecule has 0 saturated heterocycles. The van der Waals surface area contributed by atoms with E-state index in [0.717, 1.165) is 18.6 Å². The summed E-state index contributed by atoms with van der Waals surface area (Å²) in [5, 5.41) is 4.40. The number of benzene rings is 3. The average molecular weight is 490 g/mol. The molecule has 0 unspecified atom stereocenters. The second kappa shape index (κ2) is 11.4. The van der Waals surface area contributed by atoms with Crippen LogP contribution < -0.4 is 20.1 Å². The van der Waals surface area contributed by atoms with Gasteiger partial charge in [-0.05, 0) is 61.0 Å². The van der Waals surface area contributed by atoms with Gasteiger partial charge in [0.15, 0.2) is 6.61 Å². The molecule has 3 aromatic rings. The van der Waals surface area contributed by atoms with Gasteiger partial charge >= 0.3 is 6.18 Å². The van der Waals surface area contributed by atoms with E-state index in [1.165, 1.54) is 24.3 Å². The third kappa shape index (κ3) is 7.20. The van der Waals surface area contributed by atoms with Crippen LogP contribution in [0.4, 0.5) is 28.9 Å². The number of rotatable bonds is 9. The van der Waals surface area contributed by atoms with Gasteiger partial charge in [-0.15, -0.1) is 0 Å². The smallest absolute Gasteiger partial charge is 0.418 e. The molecule has 0 bridgehead atoms. The minimum atomic E-state index is -4.84. The molecule has 3 aromatic carbocycles. The quantitative estimate of drug-likeness (QED) is 0.366. The summed E-state index contributed by atoms with van der Waals surface area (Å²) < 4.78 is 65.4. The van der Waals surface area contributed by atoms with Crippen molar-refractivity contribution in [3.05, 3.63) is 83.7 Å². The molecule has 0 spiro atoms. The molecular weight excluding hydrogens is 468 g/mol. The van der Waals surface area contributed by atoms with Gasteiger partial charge in [-0.2, -0.15) is 13.2 Å². The highest BCUT2D eigenvalue weighted by Gasteiger charge is 2.34. The molecule has 10 heteroatoms. The van der Waals surface area contributed by atoms with Crippen LogP contribution in [0.5, 0.6) is 11.5 Å². The highest BCUT2D eigenvalue weighted by molar-refractivity contribution is 6.04. The summed E-state index contributed by atoms with van der Waals surface area (Å²) in [5.41, 5.74) is -2.24. The van der Waals surface area contributed by atoms with E-state index in [9.17, 15) is 27.2 Å². The minimum absolute atomic E-state index is 0.217. The van der Waals surface area contributed by atoms with Crippen LogP contribution in [0, 0.1) is 5.82 Å². The fourth-order valence-electron chi connectivity index (χ4n) is 3.00. The third-order valence-corrected chi connectivity index (χ3v) is 4.64. The molecule has 184 valence electrons. The van der Waals surface area contributed by atoms with Crippen LogP contribution in [0.25, 0.3) is 0 Å². The Labute approximate surface area is 198 Å². The summed E-state index contributed by atoms with van der Waals surface area (Å²) >= 11 is 0. The first-order chi connectivity index (χ1) is 16.7. The second-order valence-corrected chi connectivity index (χ2v) is 7.35. The van der Waals surface area contributed by atoms with Crippen molar-refractivity contribution < 1.29 is 36.6 Å². The van der Waals surface area contributed by atoms with E-state index in [4.69, 9.17) is 9.47 Å². The number of carbonyl (C=O) groups is 2. The molecule has 35 heavy (non-hydrogen) atoms. The van der Waals surface area contributed by atoms with Gasteiger partial charge in [0.2, 0.25) is 0 Å². The van der Waals surface area contributed by atoms with Crippen molar-refractivity contribution in [2.75, 3.05) is 23.8 Å². The first-order valence-corrected chi connectivity index (χ1v) is 10.6. The Bertz CT molecular complexity index is 1180. The van der Waals surface area contributed by atoms with Crippen LogP contribution in [0.15, 0.2) is 66.7 Å². The number of hydrogen-bond donors (Lipinski definition) is 2. The first-order valence-electron chi connectivity index (χ1n) is 10.6. The SMILES string of the molecule is CCCOc1ccc(OCC(=O)Nc2ccc(NC(=O)c3ccccc3F)cc2C(F)(F)F)cc1. The lowest BCUT2D eigenvalue weighted by Crippen LogP contribution is -2.22. The molecule has 0 aliphatic heterocycles. The molecule has 0 radical (unpaired) electrons. The second-order valence-electron chi connectivity index (χ2n) is 7.35. The van der Waals surface area contributed by atoms with Gasteiger partial charge in [-0.25, -0.2) is 4.39 Å². The van der Waals surface area contributed by atoms with Crippen molar-refractivity contribution in [1.82, 2.24) is 0 Å². The standard InChI is InChI=1S/C25H22F4N2O4/c1-2-13-34-17-8-10-18(11-9-17)35-15-23(32)31-22-12-7-16(14-20(22)25(27,28)29)30-24(33)19-5-3-4-6-21(19)26/h3-12,14H,2,13,15H2,1H3,(H,30,33)(H,31,32). The summed E-state index contributed by atoms with van der Waals surface area (Å²) in [6.07, 6.45) is -3.99. The monoisotopic (exact) mass is 490 g/mol.